The van der Waals surface area contributed by atoms with E-state index in [0.29, 0.717) is 0 Å². The van der Waals surface area contributed by atoms with Crippen LogP contribution in [0.5, 0.6) is 0 Å². The topological polar surface area (TPSA) is 176 Å². The highest BCUT2D eigenvalue weighted by molar-refractivity contribution is 5.74. The molecule has 2 fully saturated rings. The standard InChI is InChI=1S/C18H31N3O9/c1-6(22)15-16(13(17(27)29-15)21-10(5)25)30-18-12(20-9(4)24)14(26)11(7(2)28-18)19-8(3)23/h6-7,11-18,22,26-27H,1-5H3,(H,19,23)(H,20,24)(H,21,25)/t6-,7+,11+,12+,13-,14-,15+,16-,17-,18-/m0/s1. The molecule has 0 spiro atoms. The zero-order valence-corrected chi connectivity index (χ0v) is 17.6. The predicted molar refractivity (Wildman–Crippen MR) is 101 cm³/mol. The third-order valence-corrected chi connectivity index (χ3v) is 5.04. The molecule has 172 valence electrons. The molecular weight excluding hydrogens is 402 g/mol. The lowest BCUT2D eigenvalue weighted by Crippen LogP contribution is -2.68. The van der Waals surface area contributed by atoms with Gasteiger partial charge in [-0.05, 0) is 13.8 Å². The summed E-state index contributed by atoms with van der Waals surface area (Å²) in [5.41, 5.74) is 0. The Labute approximate surface area is 174 Å². The molecule has 2 heterocycles. The fourth-order valence-electron chi connectivity index (χ4n) is 3.77. The van der Waals surface area contributed by atoms with E-state index < -0.39 is 73.0 Å². The van der Waals surface area contributed by atoms with Gasteiger partial charge in [-0.2, -0.15) is 0 Å². The molecule has 2 aliphatic rings. The summed E-state index contributed by atoms with van der Waals surface area (Å²) in [4.78, 5) is 34.7. The molecule has 0 bridgehead atoms. The van der Waals surface area contributed by atoms with Crippen molar-refractivity contribution in [2.45, 2.75) is 95.8 Å². The van der Waals surface area contributed by atoms with E-state index in [1.54, 1.807) is 6.92 Å². The molecule has 12 nitrogen and oxygen atoms in total. The molecule has 0 aromatic carbocycles. The summed E-state index contributed by atoms with van der Waals surface area (Å²) in [5, 5.41) is 38.7. The average molecular weight is 433 g/mol. The number of hydrogen-bond acceptors (Lipinski definition) is 9. The van der Waals surface area contributed by atoms with Gasteiger partial charge in [0.05, 0.1) is 18.2 Å². The van der Waals surface area contributed by atoms with Crippen molar-refractivity contribution >= 4 is 17.7 Å². The van der Waals surface area contributed by atoms with E-state index in [-0.39, 0.29) is 5.91 Å². The van der Waals surface area contributed by atoms with E-state index in [1.165, 1.54) is 27.7 Å². The summed E-state index contributed by atoms with van der Waals surface area (Å²) < 4.78 is 17.1. The second kappa shape index (κ2) is 9.98. The Morgan fingerprint density at radius 3 is 1.90 bits per heavy atom. The van der Waals surface area contributed by atoms with Crippen LogP contribution < -0.4 is 16.0 Å². The normalized spacial score (nSPS) is 39.8. The second-order valence-electron chi connectivity index (χ2n) is 7.71. The zero-order valence-electron chi connectivity index (χ0n) is 17.6. The maximum Gasteiger partial charge on any atom is 0.217 e. The van der Waals surface area contributed by atoms with Gasteiger partial charge in [0.15, 0.2) is 12.6 Å². The Kier molecular flexibility index (Phi) is 8.13. The molecule has 30 heavy (non-hydrogen) atoms. The first-order chi connectivity index (χ1) is 13.9. The number of aliphatic hydroxyl groups excluding tert-OH is 3. The zero-order chi connectivity index (χ0) is 22.7. The third-order valence-electron chi connectivity index (χ3n) is 5.04. The minimum Gasteiger partial charge on any atom is -0.391 e. The van der Waals surface area contributed by atoms with Crippen LogP contribution in [0.3, 0.4) is 0 Å². The van der Waals surface area contributed by atoms with Crippen molar-refractivity contribution in [2.75, 3.05) is 0 Å². The van der Waals surface area contributed by atoms with Gasteiger partial charge in [0.2, 0.25) is 17.7 Å². The molecule has 3 amide bonds. The number of nitrogens with one attached hydrogen (secondary N) is 3. The van der Waals surface area contributed by atoms with Crippen LogP contribution in [0.15, 0.2) is 0 Å². The lowest BCUT2D eigenvalue weighted by Gasteiger charge is -2.45. The minimum absolute atomic E-state index is 0.386. The van der Waals surface area contributed by atoms with Gasteiger partial charge >= 0.3 is 0 Å². The summed E-state index contributed by atoms with van der Waals surface area (Å²) in [5.74, 6) is -1.31. The van der Waals surface area contributed by atoms with Crippen LogP contribution in [0.1, 0.15) is 34.6 Å². The minimum atomic E-state index is -1.45. The number of aliphatic hydroxyl groups is 3. The highest BCUT2D eigenvalue weighted by Crippen LogP contribution is 2.30. The highest BCUT2D eigenvalue weighted by Gasteiger charge is 2.52. The maximum absolute atomic E-state index is 11.7. The maximum atomic E-state index is 11.7. The Hall–Kier alpha value is -1.83. The number of rotatable bonds is 6. The Balaban J connectivity index is 2.29. The smallest absolute Gasteiger partial charge is 0.217 e. The van der Waals surface area contributed by atoms with Gasteiger partial charge in [0.25, 0.3) is 0 Å². The monoisotopic (exact) mass is 433 g/mol. The van der Waals surface area contributed by atoms with Crippen molar-refractivity contribution in [3.05, 3.63) is 0 Å². The molecule has 0 unspecified atom stereocenters. The molecule has 10 atom stereocenters. The first-order valence-corrected chi connectivity index (χ1v) is 9.74. The van der Waals surface area contributed by atoms with E-state index >= 15 is 0 Å². The van der Waals surface area contributed by atoms with Crippen molar-refractivity contribution in [1.82, 2.24) is 16.0 Å². The van der Waals surface area contributed by atoms with Crippen molar-refractivity contribution in [2.24, 2.45) is 0 Å². The van der Waals surface area contributed by atoms with Crippen LogP contribution in [0, 0.1) is 0 Å². The highest BCUT2D eigenvalue weighted by atomic mass is 16.7. The van der Waals surface area contributed by atoms with Gasteiger partial charge in [-0.25, -0.2) is 0 Å². The van der Waals surface area contributed by atoms with Gasteiger partial charge in [0, 0.05) is 20.8 Å². The third kappa shape index (κ3) is 5.65. The molecular formula is C18H31N3O9. The van der Waals surface area contributed by atoms with E-state index in [4.69, 9.17) is 14.2 Å². The molecule has 0 aromatic heterocycles. The molecule has 12 heteroatoms. The van der Waals surface area contributed by atoms with Gasteiger partial charge in [-0.3, -0.25) is 14.4 Å². The summed E-state index contributed by atoms with van der Waals surface area (Å²) >= 11 is 0. The summed E-state index contributed by atoms with van der Waals surface area (Å²) in [6.45, 7) is 6.83. The Morgan fingerprint density at radius 1 is 0.900 bits per heavy atom. The lowest BCUT2D eigenvalue weighted by molar-refractivity contribution is -0.261. The predicted octanol–water partition coefficient (Wildman–Crippen LogP) is -2.91. The van der Waals surface area contributed by atoms with Crippen molar-refractivity contribution in [3.8, 4) is 0 Å². The van der Waals surface area contributed by atoms with Crippen molar-refractivity contribution in [1.29, 1.82) is 0 Å². The number of carbonyl (C=O) groups is 3. The average Bonchev–Trinajstić information content (AvgIpc) is 2.90. The van der Waals surface area contributed by atoms with Gasteiger partial charge < -0.3 is 45.5 Å². The van der Waals surface area contributed by atoms with Crippen molar-refractivity contribution < 1.29 is 43.9 Å². The molecule has 2 rings (SSSR count). The number of amides is 3. The lowest BCUT2D eigenvalue weighted by atomic mass is 9.94. The van der Waals surface area contributed by atoms with E-state index in [0.717, 1.165) is 0 Å². The van der Waals surface area contributed by atoms with Crippen LogP contribution >= 0.6 is 0 Å². The molecule has 0 radical (unpaired) electrons. The quantitative estimate of drug-likeness (QED) is 0.256. The van der Waals surface area contributed by atoms with Crippen molar-refractivity contribution in [3.63, 3.8) is 0 Å². The van der Waals surface area contributed by atoms with Crippen LogP contribution in [0.4, 0.5) is 0 Å². The molecule has 0 aromatic rings. The van der Waals surface area contributed by atoms with E-state index in [9.17, 15) is 29.7 Å². The van der Waals surface area contributed by atoms with Crippen LogP contribution in [0.25, 0.3) is 0 Å². The largest absolute Gasteiger partial charge is 0.391 e. The van der Waals surface area contributed by atoms with Gasteiger partial charge in [-0.15, -0.1) is 0 Å². The molecule has 2 saturated heterocycles. The summed E-state index contributed by atoms with van der Waals surface area (Å²) in [6.07, 6.45) is -7.77. The van der Waals surface area contributed by atoms with Crippen LogP contribution in [-0.4, -0.2) is 94.3 Å². The van der Waals surface area contributed by atoms with Crippen LogP contribution in [0.2, 0.25) is 0 Å². The Bertz CT molecular complexity index is 646. The van der Waals surface area contributed by atoms with E-state index in [2.05, 4.69) is 16.0 Å². The molecule has 2 aliphatic heterocycles. The fourth-order valence-corrected chi connectivity index (χ4v) is 3.77. The number of carbonyl (C=O) groups excluding carboxylic acids is 3. The van der Waals surface area contributed by atoms with Gasteiger partial charge in [-0.1, -0.05) is 0 Å². The first kappa shape index (κ1) is 24.4. The van der Waals surface area contributed by atoms with Gasteiger partial charge in [0.1, 0.15) is 30.4 Å². The molecule has 0 aliphatic carbocycles. The summed E-state index contributed by atoms with van der Waals surface area (Å²) in [6, 6.07) is -2.92. The SMILES string of the molecule is CC(=O)N[C@H]1[C@H](O[C@H]2[C@H](NC(C)=O)[C@@H](O)O[C@@H]2[C@H](C)O)O[C@H](C)[C@@H](NC(C)=O)[C@@H]1O. The van der Waals surface area contributed by atoms with Crippen LogP contribution in [-0.2, 0) is 28.6 Å². The molecule has 0 saturated carbocycles. The van der Waals surface area contributed by atoms with E-state index in [1.807, 2.05) is 0 Å². The number of ether oxygens (including phenoxy) is 3. The fraction of sp³-hybridized carbons (Fsp3) is 0.833. The first-order valence-electron chi connectivity index (χ1n) is 9.74. The Morgan fingerprint density at radius 2 is 1.40 bits per heavy atom. The number of hydrogen-bond donors (Lipinski definition) is 6. The summed E-state index contributed by atoms with van der Waals surface area (Å²) in [7, 11) is 0. The molecule has 6 N–H and O–H groups in total. The second-order valence-corrected chi connectivity index (χ2v) is 7.71.